The van der Waals surface area contributed by atoms with Gasteiger partial charge in [-0.15, -0.1) is 0 Å². The van der Waals surface area contributed by atoms with E-state index in [1.165, 1.54) is 38.3 Å². The molecule has 1 aliphatic heterocycles. The van der Waals surface area contributed by atoms with Crippen molar-refractivity contribution >= 4 is 0 Å². The van der Waals surface area contributed by atoms with E-state index in [1.54, 1.807) is 6.07 Å². The fraction of sp³-hybridized carbons (Fsp3) is 0.625. The monoisotopic (exact) mass is 264 g/mol. The molecule has 1 saturated heterocycles. The molecule has 1 atom stereocenters. The normalized spacial score (nSPS) is 20.6. The van der Waals surface area contributed by atoms with Crippen LogP contribution in [0, 0.1) is 5.82 Å². The van der Waals surface area contributed by atoms with Crippen LogP contribution >= 0.6 is 0 Å². The summed E-state index contributed by atoms with van der Waals surface area (Å²) in [5.41, 5.74) is 0.810. The third-order valence-electron chi connectivity index (χ3n) is 4.10. The van der Waals surface area contributed by atoms with E-state index >= 15 is 0 Å². The minimum absolute atomic E-state index is 0.0867. The summed E-state index contributed by atoms with van der Waals surface area (Å²) in [4.78, 5) is 2.47. The molecule has 1 aliphatic rings. The smallest absolute Gasteiger partial charge is 0.126 e. The molecule has 1 unspecified atom stereocenters. The quantitative estimate of drug-likeness (QED) is 0.795. The van der Waals surface area contributed by atoms with Crippen molar-refractivity contribution in [3.05, 3.63) is 35.6 Å². The van der Waals surface area contributed by atoms with Gasteiger partial charge in [-0.1, -0.05) is 24.6 Å². The molecule has 2 rings (SSSR count). The summed E-state index contributed by atoms with van der Waals surface area (Å²) in [6.07, 6.45) is 6.00. The Morgan fingerprint density at radius 2 is 2.11 bits per heavy atom. The summed E-state index contributed by atoms with van der Waals surface area (Å²) in [7, 11) is 2.23. The maximum Gasteiger partial charge on any atom is 0.126 e. The lowest BCUT2D eigenvalue weighted by Crippen LogP contribution is -2.38. The van der Waals surface area contributed by atoms with Crippen molar-refractivity contribution in [2.75, 3.05) is 26.7 Å². The van der Waals surface area contributed by atoms with Crippen molar-refractivity contribution in [1.82, 2.24) is 10.2 Å². The SMILES string of the molecule is CN1CCCCC1CCNCCc1ccccc1F. The van der Waals surface area contributed by atoms with E-state index < -0.39 is 0 Å². The molecule has 0 saturated carbocycles. The van der Waals surface area contributed by atoms with Gasteiger partial charge in [-0.25, -0.2) is 4.39 Å². The Bertz CT molecular complexity index is 381. The van der Waals surface area contributed by atoms with Gasteiger partial charge < -0.3 is 10.2 Å². The number of benzene rings is 1. The first-order valence-corrected chi connectivity index (χ1v) is 7.42. The van der Waals surface area contributed by atoms with Crippen LogP contribution in [0.25, 0.3) is 0 Å². The molecule has 1 aromatic rings. The molecule has 0 amide bonds. The highest BCUT2D eigenvalue weighted by Crippen LogP contribution is 2.17. The molecule has 1 fully saturated rings. The summed E-state index contributed by atoms with van der Waals surface area (Å²) in [5, 5.41) is 3.44. The van der Waals surface area contributed by atoms with Crippen LogP contribution in [0.4, 0.5) is 4.39 Å². The first-order chi connectivity index (χ1) is 9.27. The fourth-order valence-corrected chi connectivity index (χ4v) is 2.83. The number of nitrogens with zero attached hydrogens (tertiary/aromatic N) is 1. The van der Waals surface area contributed by atoms with E-state index in [0.29, 0.717) is 0 Å². The van der Waals surface area contributed by atoms with Crippen molar-refractivity contribution in [2.45, 2.75) is 38.1 Å². The van der Waals surface area contributed by atoms with Crippen LogP contribution in [0.5, 0.6) is 0 Å². The van der Waals surface area contributed by atoms with Crippen LogP contribution in [0.1, 0.15) is 31.2 Å². The summed E-state index contributed by atoms with van der Waals surface area (Å²) in [6, 6.07) is 7.77. The number of rotatable bonds is 6. The topological polar surface area (TPSA) is 15.3 Å². The maximum atomic E-state index is 13.4. The third-order valence-corrected chi connectivity index (χ3v) is 4.10. The first-order valence-electron chi connectivity index (χ1n) is 7.42. The average Bonchev–Trinajstić information content (AvgIpc) is 2.42. The Kier molecular flexibility index (Phi) is 5.80. The number of nitrogens with one attached hydrogen (secondary N) is 1. The van der Waals surface area contributed by atoms with Gasteiger partial charge >= 0.3 is 0 Å². The van der Waals surface area contributed by atoms with Gasteiger partial charge in [0.2, 0.25) is 0 Å². The van der Waals surface area contributed by atoms with E-state index in [4.69, 9.17) is 0 Å². The zero-order valence-corrected chi connectivity index (χ0v) is 11.9. The van der Waals surface area contributed by atoms with Crippen LogP contribution in [0.2, 0.25) is 0 Å². The zero-order chi connectivity index (χ0) is 13.5. The van der Waals surface area contributed by atoms with E-state index in [9.17, 15) is 4.39 Å². The Labute approximate surface area is 116 Å². The lowest BCUT2D eigenvalue weighted by Gasteiger charge is -2.32. The molecule has 1 aromatic carbocycles. The van der Waals surface area contributed by atoms with Crippen LogP contribution in [0.3, 0.4) is 0 Å². The van der Waals surface area contributed by atoms with Crippen molar-refractivity contribution in [1.29, 1.82) is 0 Å². The Hall–Kier alpha value is -0.930. The van der Waals surface area contributed by atoms with Crippen LogP contribution in [-0.2, 0) is 6.42 Å². The van der Waals surface area contributed by atoms with Crippen molar-refractivity contribution < 1.29 is 4.39 Å². The second-order valence-corrected chi connectivity index (χ2v) is 5.51. The number of halogens is 1. The predicted octanol–water partition coefficient (Wildman–Crippen LogP) is 2.83. The highest BCUT2D eigenvalue weighted by atomic mass is 19.1. The minimum atomic E-state index is -0.0867. The molecule has 1 N–H and O–H groups in total. The second-order valence-electron chi connectivity index (χ2n) is 5.51. The van der Waals surface area contributed by atoms with Gasteiger partial charge in [0.25, 0.3) is 0 Å². The molecular formula is C16H25FN2. The Morgan fingerprint density at radius 3 is 2.89 bits per heavy atom. The van der Waals surface area contributed by atoms with E-state index in [1.807, 2.05) is 12.1 Å². The summed E-state index contributed by atoms with van der Waals surface area (Å²) in [5.74, 6) is -0.0867. The molecule has 0 aliphatic carbocycles. The molecule has 0 bridgehead atoms. The highest BCUT2D eigenvalue weighted by Gasteiger charge is 2.17. The van der Waals surface area contributed by atoms with Gasteiger partial charge in [-0.05, 0) is 64.0 Å². The van der Waals surface area contributed by atoms with Crippen molar-refractivity contribution in [2.24, 2.45) is 0 Å². The molecule has 19 heavy (non-hydrogen) atoms. The maximum absolute atomic E-state index is 13.4. The van der Waals surface area contributed by atoms with Crippen LogP contribution < -0.4 is 5.32 Å². The predicted molar refractivity (Wildman–Crippen MR) is 77.9 cm³/mol. The standard InChI is InChI=1S/C16H25FN2/c1-19-13-5-4-7-15(19)10-12-18-11-9-14-6-2-3-8-16(14)17/h2-3,6,8,15,18H,4-5,7,9-13H2,1H3. The third kappa shape index (κ3) is 4.59. The van der Waals surface area contributed by atoms with Crippen LogP contribution in [0.15, 0.2) is 24.3 Å². The molecule has 2 nitrogen and oxygen atoms in total. The Balaban J connectivity index is 1.61. The molecule has 0 aromatic heterocycles. The van der Waals surface area contributed by atoms with Gasteiger partial charge in [-0.3, -0.25) is 0 Å². The van der Waals surface area contributed by atoms with Gasteiger partial charge in [0, 0.05) is 6.04 Å². The van der Waals surface area contributed by atoms with Crippen LogP contribution in [-0.4, -0.2) is 37.6 Å². The molecule has 0 radical (unpaired) electrons. The van der Waals surface area contributed by atoms with E-state index in [0.717, 1.165) is 31.1 Å². The number of piperidine rings is 1. The first kappa shape index (κ1) is 14.5. The second kappa shape index (κ2) is 7.61. The van der Waals surface area contributed by atoms with Gasteiger partial charge in [-0.2, -0.15) is 0 Å². The van der Waals surface area contributed by atoms with Crippen molar-refractivity contribution in [3.8, 4) is 0 Å². The zero-order valence-electron chi connectivity index (χ0n) is 11.9. The largest absolute Gasteiger partial charge is 0.316 e. The lowest BCUT2D eigenvalue weighted by molar-refractivity contribution is 0.175. The summed E-state index contributed by atoms with van der Waals surface area (Å²) in [6.45, 7) is 3.13. The average molecular weight is 264 g/mol. The summed E-state index contributed by atoms with van der Waals surface area (Å²) < 4.78 is 13.4. The number of hydrogen-bond donors (Lipinski definition) is 1. The fourth-order valence-electron chi connectivity index (χ4n) is 2.83. The van der Waals surface area contributed by atoms with Gasteiger partial charge in [0.1, 0.15) is 5.82 Å². The van der Waals surface area contributed by atoms with Crippen molar-refractivity contribution in [3.63, 3.8) is 0 Å². The molecule has 1 heterocycles. The summed E-state index contributed by atoms with van der Waals surface area (Å²) >= 11 is 0. The Morgan fingerprint density at radius 1 is 1.26 bits per heavy atom. The molecule has 3 heteroatoms. The van der Waals surface area contributed by atoms with Gasteiger partial charge in [0.05, 0.1) is 0 Å². The molecular weight excluding hydrogens is 239 g/mol. The van der Waals surface area contributed by atoms with E-state index in [-0.39, 0.29) is 5.82 Å². The lowest BCUT2D eigenvalue weighted by atomic mass is 10.0. The minimum Gasteiger partial charge on any atom is -0.316 e. The highest BCUT2D eigenvalue weighted by molar-refractivity contribution is 5.17. The number of hydrogen-bond acceptors (Lipinski definition) is 2. The van der Waals surface area contributed by atoms with E-state index in [2.05, 4.69) is 17.3 Å². The molecule has 0 spiro atoms. The molecule has 106 valence electrons. The van der Waals surface area contributed by atoms with Gasteiger partial charge in [0.15, 0.2) is 0 Å². The number of likely N-dealkylation sites (tertiary alicyclic amines) is 1.